The minimum atomic E-state index is 0.109. The van der Waals surface area contributed by atoms with Gasteiger partial charge in [0, 0.05) is 6.61 Å². The summed E-state index contributed by atoms with van der Waals surface area (Å²) in [6.07, 6.45) is 3.87. The van der Waals surface area contributed by atoms with Crippen LogP contribution in [0.5, 0.6) is 0 Å². The molecule has 0 unspecified atom stereocenters. The molecule has 0 spiro atoms. The fourth-order valence-corrected chi connectivity index (χ4v) is 1.75. The Morgan fingerprint density at radius 2 is 2.13 bits per heavy atom. The summed E-state index contributed by atoms with van der Waals surface area (Å²) in [5, 5.41) is 17.9. The number of benzene rings is 1. The zero-order valence-corrected chi connectivity index (χ0v) is 9.16. The molecule has 1 aromatic rings. The summed E-state index contributed by atoms with van der Waals surface area (Å²) in [5.41, 5.74) is 2.94. The van der Waals surface area contributed by atoms with Crippen LogP contribution >= 0.6 is 0 Å². The van der Waals surface area contributed by atoms with E-state index in [2.05, 4.69) is 19.1 Å². The number of hydrogen-bond donors (Lipinski definition) is 1. The van der Waals surface area contributed by atoms with Crippen molar-refractivity contribution in [3.05, 3.63) is 34.9 Å². The highest BCUT2D eigenvalue weighted by molar-refractivity contribution is 5.43. The number of unbranched alkanes of at least 4 members (excludes halogenated alkanes) is 1. The van der Waals surface area contributed by atoms with Crippen LogP contribution in [0.3, 0.4) is 0 Å². The molecule has 0 aromatic heterocycles. The van der Waals surface area contributed by atoms with E-state index in [0.29, 0.717) is 12.0 Å². The number of aryl methyl sites for hydroxylation is 1. The Hall–Kier alpha value is -1.33. The maximum absolute atomic E-state index is 8.98. The van der Waals surface area contributed by atoms with Crippen molar-refractivity contribution in [2.45, 2.75) is 32.6 Å². The van der Waals surface area contributed by atoms with Gasteiger partial charge in [0.15, 0.2) is 0 Å². The fraction of sp³-hybridized carbons (Fsp3) is 0.462. The molecule has 2 nitrogen and oxygen atoms in total. The summed E-state index contributed by atoms with van der Waals surface area (Å²) in [7, 11) is 0. The molecule has 0 heterocycles. The average Bonchev–Trinajstić information content (AvgIpc) is 2.28. The Bertz CT molecular complexity index is 352. The van der Waals surface area contributed by atoms with Crippen LogP contribution in [-0.4, -0.2) is 11.7 Å². The minimum absolute atomic E-state index is 0.109. The Labute approximate surface area is 91.2 Å². The molecule has 1 rings (SSSR count). The first-order chi connectivity index (χ1) is 7.33. The molecule has 2 heteroatoms. The summed E-state index contributed by atoms with van der Waals surface area (Å²) in [6, 6.07) is 7.98. The van der Waals surface area contributed by atoms with Crippen LogP contribution in [0.1, 0.15) is 36.5 Å². The van der Waals surface area contributed by atoms with E-state index in [0.717, 1.165) is 24.8 Å². The number of aliphatic hydroxyl groups excluding tert-OH is 1. The van der Waals surface area contributed by atoms with E-state index in [1.807, 2.05) is 12.1 Å². The molecule has 0 bridgehead atoms. The summed E-state index contributed by atoms with van der Waals surface area (Å²) >= 11 is 0. The van der Waals surface area contributed by atoms with Gasteiger partial charge >= 0.3 is 0 Å². The van der Waals surface area contributed by atoms with Crippen LogP contribution in [0.15, 0.2) is 18.2 Å². The monoisotopic (exact) mass is 203 g/mol. The molecule has 0 aliphatic rings. The van der Waals surface area contributed by atoms with Crippen LogP contribution in [-0.2, 0) is 12.8 Å². The van der Waals surface area contributed by atoms with Crippen molar-refractivity contribution in [2.24, 2.45) is 0 Å². The lowest BCUT2D eigenvalue weighted by molar-refractivity contribution is 0.299. The highest BCUT2D eigenvalue weighted by Gasteiger charge is 2.06. The third-order valence-electron chi connectivity index (χ3n) is 2.55. The third kappa shape index (κ3) is 3.07. The van der Waals surface area contributed by atoms with Gasteiger partial charge in [-0.2, -0.15) is 5.26 Å². The van der Waals surface area contributed by atoms with E-state index in [1.54, 1.807) is 0 Å². The molecule has 1 aromatic carbocycles. The first-order valence-corrected chi connectivity index (χ1v) is 5.45. The maximum atomic E-state index is 8.98. The van der Waals surface area contributed by atoms with Gasteiger partial charge in [0.05, 0.1) is 11.6 Å². The molecule has 0 saturated heterocycles. The summed E-state index contributed by atoms with van der Waals surface area (Å²) in [5.74, 6) is 0. The molecule has 0 fully saturated rings. The first kappa shape index (κ1) is 11.7. The van der Waals surface area contributed by atoms with Crippen LogP contribution in [0.25, 0.3) is 0 Å². The molecule has 1 N–H and O–H groups in total. The lowest BCUT2D eigenvalue weighted by atomic mass is 9.95. The molecule has 0 atom stereocenters. The van der Waals surface area contributed by atoms with E-state index >= 15 is 0 Å². The van der Waals surface area contributed by atoms with Crippen molar-refractivity contribution in [3.63, 3.8) is 0 Å². The topological polar surface area (TPSA) is 44.0 Å². The van der Waals surface area contributed by atoms with E-state index in [9.17, 15) is 0 Å². The molecular formula is C13H17NO. The zero-order valence-electron chi connectivity index (χ0n) is 9.16. The third-order valence-corrected chi connectivity index (χ3v) is 2.55. The minimum Gasteiger partial charge on any atom is -0.396 e. The summed E-state index contributed by atoms with van der Waals surface area (Å²) < 4.78 is 0. The number of nitriles is 1. The molecule has 0 aliphatic carbocycles. The van der Waals surface area contributed by atoms with Crippen molar-refractivity contribution in [1.82, 2.24) is 0 Å². The second kappa shape index (κ2) is 6.21. The lowest BCUT2D eigenvalue weighted by Crippen LogP contribution is -2.01. The Balaban J connectivity index is 2.97. The highest BCUT2D eigenvalue weighted by atomic mass is 16.2. The number of rotatable bonds is 5. The summed E-state index contributed by atoms with van der Waals surface area (Å²) in [4.78, 5) is 0. The maximum Gasteiger partial charge on any atom is 0.0994 e. The van der Waals surface area contributed by atoms with Crippen molar-refractivity contribution < 1.29 is 5.11 Å². The van der Waals surface area contributed by atoms with Crippen LogP contribution in [0, 0.1) is 11.3 Å². The van der Waals surface area contributed by atoms with Crippen LogP contribution in [0.4, 0.5) is 0 Å². The standard InChI is InChI=1S/C13H17NO/c1-2-3-5-11-6-4-7-12(10-14)13(11)8-9-15/h4,6-7,15H,2-3,5,8-9H2,1H3. The zero-order chi connectivity index (χ0) is 11.1. The normalized spacial score (nSPS) is 9.93. The van der Waals surface area contributed by atoms with E-state index in [4.69, 9.17) is 10.4 Å². The van der Waals surface area contributed by atoms with E-state index in [1.165, 1.54) is 5.56 Å². The second-order valence-electron chi connectivity index (χ2n) is 3.63. The predicted octanol–water partition coefficient (Wildman–Crippen LogP) is 2.44. The fourth-order valence-electron chi connectivity index (χ4n) is 1.75. The molecule has 80 valence electrons. The molecule has 0 amide bonds. The Morgan fingerprint density at radius 1 is 1.33 bits per heavy atom. The van der Waals surface area contributed by atoms with Crippen LogP contribution in [0.2, 0.25) is 0 Å². The SMILES string of the molecule is CCCCc1cccc(C#N)c1CCO. The van der Waals surface area contributed by atoms with E-state index < -0.39 is 0 Å². The molecule has 0 saturated carbocycles. The lowest BCUT2D eigenvalue weighted by Gasteiger charge is -2.09. The predicted molar refractivity (Wildman–Crippen MR) is 60.6 cm³/mol. The van der Waals surface area contributed by atoms with Gasteiger partial charge in [0.25, 0.3) is 0 Å². The second-order valence-corrected chi connectivity index (χ2v) is 3.63. The Kier molecular flexibility index (Phi) is 4.86. The van der Waals surface area contributed by atoms with Gasteiger partial charge in [0.1, 0.15) is 0 Å². The van der Waals surface area contributed by atoms with Crippen LogP contribution < -0.4 is 0 Å². The highest BCUT2D eigenvalue weighted by Crippen LogP contribution is 2.17. The number of hydrogen-bond acceptors (Lipinski definition) is 2. The Morgan fingerprint density at radius 3 is 2.73 bits per heavy atom. The first-order valence-electron chi connectivity index (χ1n) is 5.45. The van der Waals surface area contributed by atoms with Crippen molar-refractivity contribution in [2.75, 3.05) is 6.61 Å². The van der Waals surface area contributed by atoms with Crippen molar-refractivity contribution in [1.29, 1.82) is 5.26 Å². The largest absolute Gasteiger partial charge is 0.396 e. The molecular weight excluding hydrogens is 186 g/mol. The van der Waals surface area contributed by atoms with Gasteiger partial charge < -0.3 is 5.11 Å². The smallest absolute Gasteiger partial charge is 0.0994 e. The van der Waals surface area contributed by atoms with Gasteiger partial charge in [-0.05, 0) is 36.5 Å². The van der Waals surface area contributed by atoms with Gasteiger partial charge in [-0.25, -0.2) is 0 Å². The van der Waals surface area contributed by atoms with Crippen molar-refractivity contribution >= 4 is 0 Å². The average molecular weight is 203 g/mol. The number of nitrogens with zero attached hydrogens (tertiary/aromatic N) is 1. The van der Waals surface area contributed by atoms with Crippen molar-refractivity contribution in [3.8, 4) is 6.07 Å². The molecule has 15 heavy (non-hydrogen) atoms. The molecule has 0 aliphatic heterocycles. The van der Waals surface area contributed by atoms with E-state index in [-0.39, 0.29) is 6.61 Å². The van der Waals surface area contributed by atoms with Gasteiger partial charge in [-0.15, -0.1) is 0 Å². The quantitative estimate of drug-likeness (QED) is 0.798. The molecule has 0 radical (unpaired) electrons. The number of aliphatic hydroxyl groups is 1. The van der Waals surface area contributed by atoms with Gasteiger partial charge in [-0.3, -0.25) is 0 Å². The van der Waals surface area contributed by atoms with Gasteiger partial charge in [0.2, 0.25) is 0 Å². The summed E-state index contributed by atoms with van der Waals surface area (Å²) in [6.45, 7) is 2.26. The van der Waals surface area contributed by atoms with Gasteiger partial charge in [-0.1, -0.05) is 25.5 Å².